The van der Waals surface area contributed by atoms with E-state index in [1.54, 1.807) is 24.3 Å². The molecule has 0 fully saturated rings. The third-order valence-corrected chi connectivity index (χ3v) is 4.17. The van der Waals surface area contributed by atoms with Gasteiger partial charge in [0.1, 0.15) is 5.75 Å². The van der Waals surface area contributed by atoms with Crippen LogP contribution in [-0.4, -0.2) is 39.4 Å². The lowest BCUT2D eigenvalue weighted by Crippen LogP contribution is -2.30. The van der Waals surface area contributed by atoms with E-state index in [0.717, 1.165) is 4.31 Å². The van der Waals surface area contributed by atoms with Crippen molar-refractivity contribution in [2.75, 3.05) is 24.2 Å². The van der Waals surface area contributed by atoms with Crippen molar-refractivity contribution in [1.82, 2.24) is 0 Å². The summed E-state index contributed by atoms with van der Waals surface area (Å²) in [6.07, 6.45) is -0.429. The minimum absolute atomic E-state index is 0.380. The number of hydrogen-bond donors (Lipinski definition) is 1. The van der Waals surface area contributed by atoms with Gasteiger partial charge in [-0.25, -0.2) is 8.42 Å². The van der Waals surface area contributed by atoms with Crippen molar-refractivity contribution in [3.63, 3.8) is 0 Å². The molecule has 0 saturated carbocycles. The Morgan fingerprint density at radius 1 is 1.39 bits per heavy atom. The number of anilines is 1. The van der Waals surface area contributed by atoms with Crippen LogP contribution in [0.1, 0.15) is 6.42 Å². The number of carboxylic acid groups (broad SMARTS) is 1. The fourth-order valence-corrected chi connectivity index (χ4v) is 2.55. The quantitative estimate of drug-likeness (QED) is 0.833. The van der Waals surface area contributed by atoms with Crippen LogP contribution >= 0.6 is 0 Å². The second-order valence-electron chi connectivity index (χ2n) is 3.60. The first kappa shape index (κ1) is 14.3. The SMILES string of the molecule is COc1ccccc1N(C)S(=O)(=O)CCC(=O)O. The fourth-order valence-electron chi connectivity index (χ4n) is 1.39. The Bertz CT molecular complexity index is 526. The number of methoxy groups -OCH3 is 1. The summed E-state index contributed by atoms with van der Waals surface area (Å²) in [6.45, 7) is 0. The van der Waals surface area contributed by atoms with Crippen LogP contribution in [-0.2, 0) is 14.8 Å². The molecule has 1 aromatic carbocycles. The molecule has 0 radical (unpaired) electrons. The van der Waals surface area contributed by atoms with Gasteiger partial charge in [-0.1, -0.05) is 12.1 Å². The fraction of sp³-hybridized carbons (Fsp3) is 0.364. The summed E-state index contributed by atoms with van der Waals surface area (Å²) in [5, 5.41) is 8.52. The van der Waals surface area contributed by atoms with Gasteiger partial charge in [0, 0.05) is 7.05 Å². The van der Waals surface area contributed by atoms with E-state index in [4.69, 9.17) is 9.84 Å². The zero-order valence-corrected chi connectivity index (χ0v) is 11.0. The highest BCUT2D eigenvalue weighted by atomic mass is 32.2. The molecule has 0 aliphatic carbocycles. The maximum absolute atomic E-state index is 11.9. The highest BCUT2D eigenvalue weighted by molar-refractivity contribution is 7.92. The summed E-state index contributed by atoms with van der Waals surface area (Å²) in [6, 6.07) is 6.64. The molecule has 7 heteroatoms. The Balaban J connectivity index is 2.98. The van der Waals surface area contributed by atoms with Gasteiger partial charge in [-0.2, -0.15) is 0 Å². The molecule has 6 nitrogen and oxygen atoms in total. The third-order valence-electron chi connectivity index (χ3n) is 2.42. The minimum Gasteiger partial charge on any atom is -0.495 e. The van der Waals surface area contributed by atoms with Gasteiger partial charge in [-0.3, -0.25) is 9.10 Å². The molecule has 0 amide bonds. The van der Waals surface area contributed by atoms with Gasteiger partial charge in [0.05, 0.1) is 25.0 Å². The van der Waals surface area contributed by atoms with Gasteiger partial charge in [-0.15, -0.1) is 0 Å². The summed E-state index contributed by atoms with van der Waals surface area (Å²) in [7, 11) is -0.857. The first-order valence-corrected chi connectivity index (χ1v) is 6.81. The van der Waals surface area contributed by atoms with Crippen molar-refractivity contribution < 1.29 is 23.1 Å². The first-order valence-electron chi connectivity index (χ1n) is 5.20. The van der Waals surface area contributed by atoms with Gasteiger partial charge in [0.2, 0.25) is 10.0 Å². The molecule has 0 unspecified atom stereocenters. The highest BCUT2D eigenvalue weighted by Crippen LogP contribution is 2.28. The Hall–Kier alpha value is -1.76. The average molecular weight is 273 g/mol. The largest absolute Gasteiger partial charge is 0.495 e. The Morgan fingerprint density at radius 2 is 2.00 bits per heavy atom. The van der Waals surface area contributed by atoms with E-state index in [-0.39, 0.29) is 0 Å². The first-order chi connectivity index (χ1) is 8.38. The smallest absolute Gasteiger partial charge is 0.304 e. The zero-order chi connectivity index (χ0) is 13.8. The Labute approximate surface area is 106 Å². The maximum Gasteiger partial charge on any atom is 0.304 e. The van der Waals surface area contributed by atoms with Crippen molar-refractivity contribution in [2.45, 2.75) is 6.42 Å². The van der Waals surface area contributed by atoms with E-state index in [1.165, 1.54) is 14.2 Å². The van der Waals surface area contributed by atoms with Crippen LogP contribution in [0.2, 0.25) is 0 Å². The lowest BCUT2D eigenvalue weighted by Gasteiger charge is -2.21. The molecule has 0 heterocycles. The number of carboxylic acids is 1. The van der Waals surface area contributed by atoms with Crippen molar-refractivity contribution in [2.24, 2.45) is 0 Å². The molecular formula is C11H15NO5S. The van der Waals surface area contributed by atoms with E-state index < -0.39 is 28.2 Å². The molecule has 0 bridgehead atoms. The van der Waals surface area contributed by atoms with Crippen LogP contribution in [0.5, 0.6) is 5.75 Å². The number of aliphatic carboxylic acids is 1. The van der Waals surface area contributed by atoms with Crippen LogP contribution in [0, 0.1) is 0 Å². The monoisotopic (exact) mass is 273 g/mol. The van der Waals surface area contributed by atoms with Crippen LogP contribution < -0.4 is 9.04 Å². The molecule has 18 heavy (non-hydrogen) atoms. The van der Waals surface area contributed by atoms with E-state index in [2.05, 4.69) is 0 Å². The third kappa shape index (κ3) is 3.36. The van der Waals surface area contributed by atoms with Crippen molar-refractivity contribution >= 4 is 21.7 Å². The van der Waals surface area contributed by atoms with E-state index in [1.807, 2.05) is 0 Å². The molecule has 0 aromatic heterocycles. The molecule has 1 rings (SSSR count). The summed E-state index contributed by atoms with van der Waals surface area (Å²) in [5.41, 5.74) is 0.380. The zero-order valence-electron chi connectivity index (χ0n) is 10.2. The molecule has 0 saturated heterocycles. The molecule has 0 aliphatic rings. The number of nitrogens with zero attached hydrogens (tertiary/aromatic N) is 1. The normalized spacial score (nSPS) is 11.0. The average Bonchev–Trinajstić information content (AvgIpc) is 2.35. The van der Waals surface area contributed by atoms with Crippen LogP contribution in [0.3, 0.4) is 0 Å². The van der Waals surface area contributed by atoms with Crippen LogP contribution in [0.25, 0.3) is 0 Å². The van der Waals surface area contributed by atoms with Crippen LogP contribution in [0.15, 0.2) is 24.3 Å². The second kappa shape index (κ2) is 5.72. The minimum atomic E-state index is -3.67. The second-order valence-corrected chi connectivity index (χ2v) is 5.72. The van der Waals surface area contributed by atoms with Crippen LogP contribution in [0.4, 0.5) is 5.69 Å². The predicted octanol–water partition coefficient (Wildman–Crippen LogP) is 0.936. The topological polar surface area (TPSA) is 83.9 Å². The molecular weight excluding hydrogens is 258 g/mol. The molecule has 0 spiro atoms. The summed E-state index contributed by atoms with van der Waals surface area (Å²) >= 11 is 0. The molecule has 100 valence electrons. The summed E-state index contributed by atoms with van der Waals surface area (Å²) in [4.78, 5) is 10.4. The number of sulfonamides is 1. The number of carbonyl (C=O) groups is 1. The number of para-hydroxylation sites is 2. The highest BCUT2D eigenvalue weighted by Gasteiger charge is 2.21. The van der Waals surface area contributed by atoms with Gasteiger partial charge < -0.3 is 9.84 Å². The molecule has 1 aromatic rings. The number of hydrogen-bond acceptors (Lipinski definition) is 4. The Kier molecular flexibility index (Phi) is 4.55. The summed E-state index contributed by atoms with van der Waals surface area (Å²) in [5.74, 6) is -1.18. The van der Waals surface area contributed by atoms with Gasteiger partial charge in [0.15, 0.2) is 0 Å². The van der Waals surface area contributed by atoms with E-state index in [9.17, 15) is 13.2 Å². The standard InChI is InChI=1S/C11H15NO5S/c1-12(18(15,16)8-7-11(13)14)9-5-3-4-6-10(9)17-2/h3-6H,7-8H2,1-2H3,(H,13,14). The summed E-state index contributed by atoms with van der Waals surface area (Å²) < 4.78 is 29.9. The Morgan fingerprint density at radius 3 is 2.56 bits per heavy atom. The van der Waals surface area contributed by atoms with Gasteiger partial charge >= 0.3 is 5.97 Å². The predicted molar refractivity (Wildman–Crippen MR) is 67.4 cm³/mol. The maximum atomic E-state index is 11.9. The van der Waals surface area contributed by atoms with Crippen molar-refractivity contribution in [3.05, 3.63) is 24.3 Å². The number of rotatable bonds is 6. The lowest BCUT2D eigenvalue weighted by molar-refractivity contribution is -0.136. The molecule has 1 N–H and O–H groups in total. The van der Waals surface area contributed by atoms with Gasteiger partial charge in [0.25, 0.3) is 0 Å². The number of benzene rings is 1. The van der Waals surface area contributed by atoms with Crippen molar-refractivity contribution in [3.8, 4) is 5.75 Å². The van der Waals surface area contributed by atoms with E-state index >= 15 is 0 Å². The van der Waals surface area contributed by atoms with Crippen molar-refractivity contribution in [1.29, 1.82) is 0 Å². The van der Waals surface area contributed by atoms with Gasteiger partial charge in [-0.05, 0) is 12.1 Å². The molecule has 0 aliphatic heterocycles. The molecule has 0 atom stereocenters. The lowest BCUT2D eigenvalue weighted by atomic mass is 10.3. The number of ether oxygens (including phenoxy) is 1. The van der Waals surface area contributed by atoms with E-state index in [0.29, 0.717) is 11.4 Å².